The summed E-state index contributed by atoms with van der Waals surface area (Å²) in [5.74, 6) is 0.0191. The summed E-state index contributed by atoms with van der Waals surface area (Å²) in [6.07, 6.45) is 0. The fourth-order valence-corrected chi connectivity index (χ4v) is 1.74. The first-order valence-corrected chi connectivity index (χ1v) is 6.58. The minimum absolute atomic E-state index is 0.0191. The number of aliphatic hydroxyl groups excluding tert-OH is 1. The van der Waals surface area contributed by atoms with Gasteiger partial charge in [0.25, 0.3) is 0 Å². The molecule has 1 amide bonds. The van der Waals surface area contributed by atoms with Crippen molar-refractivity contribution in [1.82, 2.24) is 10.2 Å². The zero-order chi connectivity index (χ0) is 14.5. The summed E-state index contributed by atoms with van der Waals surface area (Å²) >= 11 is 0. The Morgan fingerprint density at radius 1 is 1.37 bits per heavy atom. The Morgan fingerprint density at radius 3 is 2.42 bits per heavy atom. The summed E-state index contributed by atoms with van der Waals surface area (Å²) in [5, 5.41) is 12.8. The van der Waals surface area contributed by atoms with Crippen LogP contribution >= 0.6 is 0 Å². The van der Waals surface area contributed by atoms with E-state index in [0.29, 0.717) is 0 Å². The summed E-state index contributed by atoms with van der Waals surface area (Å²) < 4.78 is 0. The normalized spacial score (nSPS) is 14.2. The molecule has 0 fully saturated rings. The minimum Gasteiger partial charge on any atom is -0.394 e. The van der Waals surface area contributed by atoms with Gasteiger partial charge < -0.3 is 10.0 Å². The quantitative estimate of drug-likeness (QED) is 0.815. The maximum Gasteiger partial charge on any atom is 0.236 e. The van der Waals surface area contributed by atoms with Crippen LogP contribution < -0.4 is 5.32 Å². The van der Waals surface area contributed by atoms with Crippen LogP contribution in [0, 0.1) is 0 Å². The van der Waals surface area contributed by atoms with Crippen LogP contribution in [0.2, 0.25) is 0 Å². The number of hydrogen-bond donors (Lipinski definition) is 2. The number of carbonyl (C=O) groups is 1. The number of likely N-dealkylation sites (N-methyl/N-ethyl adjacent to an activating group) is 1. The van der Waals surface area contributed by atoms with Crippen molar-refractivity contribution in [2.45, 2.75) is 32.4 Å². The Hall–Kier alpha value is -1.39. The number of amides is 1. The summed E-state index contributed by atoms with van der Waals surface area (Å²) in [5.41, 5.74) is 0.367. The molecule has 4 heteroatoms. The minimum atomic E-state index is -0.602. The first-order valence-electron chi connectivity index (χ1n) is 6.58. The summed E-state index contributed by atoms with van der Waals surface area (Å²) in [4.78, 5) is 13.7. The Labute approximate surface area is 115 Å². The van der Waals surface area contributed by atoms with Crippen molar-refractivity contribution in [3.8, 4) is 0 Å². The molecule has 2 N–H and O–H groups in total. The van der Waals surface area contributed by atoms with E-state index < -0.39 is 5.54 Å². The first-order chi connectivity index (χ1) is 8.90. The molecule has 0 aromatic heterocycles. The lowest BCUT2D eigenvalue weighted by Crippen LogP contribution is -2.48. The van der Waals surface area contributed by atoms with Crippen LogP contribution in [0.1, 0.15) is 26.3 Å². The van der Waals surface area contributed by atoms with Gasteiger partial charge in [-0.1, -0.05) is 30.3 Å². The van der Waals surface area contributed by atoms with Gasteiger partial charge in [-0.05, 0) is 26.3 Å². The Kier molecular flexibility index (Phi) is 5.51. The number of nitrogens with one attached hydrogen (secondary N) is 1. The molecule has 0 saturated carbocycles. The van der Waals surface area contributed by atoms with Crippen LogP contribution in [-0.4, -0.2) is 42.2 Å². The standard InChI is InChI=1S/C15H24N2O2/c1-12(2)17(4)14(19)10-16-15(3,11-18)13-8-6-5-7-9-13/h5-9,12,16,18H,10-11H2,1-4H3. The molecule has 106 valence electrons. The van der Waals surface area contributed by atoms with Crippen molar-refractivity contribution in [2.24, 2.45) is 0 Å². The molecule has 0 aliphatic heterocycles. The van der Waals surface area contributed by atoms with Crippen LogP contribution in [0.5, 0.6) is 0 Å². The van der Waals surface area contributed by atoms with E-state index in [2.05, 4.69) is 5.32 Å². The number of nitrogens with zero attached hydrogens (tertiary/aromatic N) is 1. The van der Waals surface area contributed by atoms with Gasteiger partial charge in [0, 0.05) is 13.1 Å². The molecule has 1 unspecified atom stereocenters. The molecule has 4 nitrogen and oxygen atoms in total. The molecule has 0 heterocycles. The molecule has 0 radical (unpaired) electrons. The van der Waals surface area contributed by atoms with Gasteiger partial charge in [0.1, 0.15) is 0 Å². The van der Waals surface area contributed by atoms with Gasteiger partial charge in [-0.15, -0.1) is 0 Å². The van der Waals surface area contributed by atoms with Crippen LogP contribution in [0.25, 0.3) is 0 Å². The smallest absolute Gasteiger partial charge is 0.236 e. The molecule has 0 saturated heterocycles. The van der Waals surface area contributed by atoms with Gasteiger partial charge in [-0.2, -0.15) is 0 Å². The van der Waals surface area contributed by atoms with Crippen molar-refractivity contribution >= 4 is 5.91 Å². The zero-order valence-electron chi connectivity index (χ0n) is 12.2. The predicted octanol–water partition coefficient (Wildman–Crippen LogP) is 1.35. The van der Waals surface area contributed by atoms with Crippen LogP contribution in [0.4, 0.5) is 0 Å². The highest BCUT2D eigenvalue weighted by Gasteiger charge is 2.26. The largest absolute Gasteiger partial charge is 0.394 e. The van der Waals surface area contributed by atoms with Crippen molar-refractivity contribution in [2.75, 3.05) is 20.2 Å². The second-order valence-electron chi connectivity index (χ2n) is 5.31. The number of hydrogen-bond acceptors (Lipinski definition) is 3. The molecule has 1 rings (SSSR count). The molecule has 0 aliphatic carbocycles. The Bertz CT molecular complexity index is 406. The molecular formula is C15H24N2O2. The Balaban J connectivity index is 2.70. The van der Waals surface area contributed by atoms with E-state index in [9.17, 15) is 9.90 Å². The maximum absolute atomic E-state index is 12.0. The van der Waals surface area contributed by atoms with Gasteiger partial charge >= 0.3 is 0 Å². The monoisotopic (exact) mass is 264 g/mol. The van der Waals surface area contributed by atoms with E-state index >= 15 is 0 Å². The zero-order valence-corrected chi connectivity index (χ0v) is 12.2. The number of benzene rings is 1. The summed E-state index contributed by atoms with van der Waals surface area (Å²) in [6.45, 7) is 5.99. The van der Waals surface area contributed by atoms with Crippen LogP contribution in [0.15, 0.2) is 30.3 Å². The van der Waals surface area contributed by atoms with E-state index in [4.69, 9.17) is 0 Å². The van der Waals surface area contributed by atoms with Crippen molar-refractivity contribution in [3.05, 3.63) is 35.9 Å². The molecule has 1 atom stereocenters. The second kappa shape index (κ2) is 6.68. The SMILES string of the molecule is CC(C)N(C)C(=O)CNC(C)(CO)c1ccccc1. The molecule has 19 heavy (non-hydrogen) atoms. The molecule has 0 spiro atoms. The van der Waals surface area contributed by atoms with Crippen molar-refractivity contribution < 1.29 is 9.90 Å². The molecule has 0 aliphatic rings. The average molecular weight is 264 g/mol. The predicted molar refractivity (Wildman–Crippen MR) is 76.8 cm³/mol. The molecule has 0 bridgehead atoms. The first kappa shape index (κ1) is 15.7. The fraction of sp³-hybridized carbons (Fsp3) is 0.533. The highest BCUT2D eigenvalue weighted by molar-refractivity contribution is 5.78. The number of aliphatic hydroxyl groups is 1. The summed E-state index contributed by atoms with van der Waals surface area (Å²) in [7, 11) is 1.79. The van der Waals surface area contributed by atoms with Crippen molar-refractivity contribution in [3.63, 3.8) is 0 Å². The van der Waals surface area contributed by atoms with E-state index in [1.807, 2.05) is 51.1 Å². The molecular weight excluding hydrogens is 240 g/mol. The number of rotatable bonds is 6. The highest BCUT2D eigenvalue weighted by atomic mass is 16.3. The third kappa shape index (κ3) is 4.04. The van der Waals surface area contributed by atoms with E-state index in [1.165, 1.54) is 0 Å². The second-order valence-corrected chi connectivity index (χ2v) is 5.31. The molecule has 1 aromatic rings. The maximum atomic E-state index is 12.0. The van der Waals surface area contributed by atoms with Crippen molar-refractivity contribution in [1.29, 1.82) is 0 Å². The highest BCUT2D eigenvalue weighted by Crippen LogP contribution is 2.19. The fourth-order valence-electron chi connectivity index (χ4n) is 1.74. The lowest BCUT2D eigenvalue weighted by Gasteiger charge is -2.31. The van der Waals surface area contributed by atoms with Gasteiger partial charge in [0.15, 0.2) is 0 Å². The van der Waals surface area contributed by atoms with E-state index in [-0.39, 0.29) is 25.1 Å². The van der Waals surface area contributed by atoms with E-state index in [1.54, 1.807) is 11.9 Å². The van der Waals surface area contributed by atoms with Gasteiger partial charge in [-0.25, -0.2) is 0 Å². The van der Waals surface area contributed by atoms with E-state index in [0.717, 1.165) is 5.56 Å². The molecule has 1 aromatic carbocycles. The lowest BCUT2D eigenvalue weighted by molar-refractivity contribution is -0.130. The van der Waals surface area contributed by atoms with Crippen LogP contribution in [0.3, 0.4) is 0 Å². The third-order valence-corrected chi connectivity index (χ3v) is 3.52. The third-order valence-electron chi connectivity index (χ3n) is 3.52. The Morgan fingerprint density at radius 2 is 1.95 bits per heavy atom. The van der Waals surface area contributed by atoms with Gasteiger partial charge in [-0.3, -0.25) is 10.1 Å². The topological polar surface area (TPSA) is 52.6 Å². The summed E-state index contributed by atoms with van der Waals surface area (Å²) in [6, 6.07) is 9.84. The van der Waals surface area contributed by atoms with Gasteiger partial charge in [0.2, 0.25) is 5.91 Å². The lowest BCUT2D eigenvalue weighted by atomic mass is 9.93. The van der Waals surface area contributed by atoms with Gasteiger partial charge in [0.05, 0.1) is 18.7 Å². The average Bonchev–Trinajstić information content (AvgIpc) is 2.44. The number of carbonyl (C=O) groups excluding carboxylic acids is 1. The van der Waals surface area contributed by atoms with Crippen LogP contribution in [-0.2, 0) is 10.3 Å².